The Bertz CT molecular complexity index is 474. The molecule has 4 heteroatoms. The van der Waals surface area contributed by atoms with Gasteiger partial charge in [-0.1, -0.05) is 6.92 Å². The zero-order valence-corrected chi connectivity index (χ0v) is 12.5. The van der Waals surface area contributed by atoms with Crippen LogP contribution in [0.5, 0.6) is 0 Å². The predicted molar refractivity (Wildman–Crippen MR) is 81.2 cm³/mol. The van der Waals surface area contributed by atoms with Crippen LogP contribution in [0, 0.1) is 6.92 Å². The van der Waals surface area contributed by atoms with Gasteiger partial charge in [-0.3, -0.25) is 4.79 Å². The number of carbonyl (C=O) groups is 1. The summed E-state index contributed by atoms with van der Waals surface area (Å²) in [7, 11) is 0. The van der Waals surface area contributed by atoms with Crippen molar-refractivity contribution in [1.82, 2.24) is 5.32 Å². The number of benzene rings is 1. The third kappa shape index (κ3) is 3.51. The SMILES string of the molecule is CCCNc1ccc(C(=O)NC2CCOC2C)c(C)c1. The zero-order valence-electron chi connectivity index (χ0n) is 12.5. The molecular formula is C16H24N2O2. The first-order valence-electron chi connectivity index (χ1n) is 7.38. The van der Waals surface area contributed by atoms with Gasteiger partial charge >= 0.3 is 0 Å². The predicted octanol–water partition coefficient (Wildman–Crippen LogP) is 2.72. The second-order valence-corrected chi connectivity index (χ2v) is 5.40. The van der Waals surface area contributed by atoms with Crippen molar-refractivity contribution >= 4 is 11.6 Å². The van der Waals surface area contributed by atoms with Crippen LogP contribution < -0.4 is 10.6 Å². The number of amides is 1. The molecule has 0 aromatic heterocycles. The highest BCUT2D eigenvalue weighted by molar-refractivity contribution is 5.96. The van der Waals surface area contributed by atoms with Gasteiger partial charge in [-0.2, -0.15) is 0 Å². The average Bonchev–Trinajstić information content (AvgIpc) is 2.82. The molecule has 1 aliphatic heterocycles. The lowest BCUT2D eigenvalue weighted by atomic mass is 10.1. The number of hydrogen-bond acceptors (Lipinski definition) is 3. The fraction of sp³-hybridized carbons (Fsp3) is 0.562. The first-order valence-corrected chi connectivity index (χ1v) is 7.38. The molecule has 0 aliphatic carbocycles. The lowest BCUT2D eigenvalue weighted by Crippen LogP contribution is -2.39. The summed E-state index contributed by atoms with van der Waals surface area (Å²) < 4.78 is 5.47. The van der Waals surface area contributed by atoms with E-state index in [9.17, 15) is 4.79 Å². The molecule has 1 aromatic carbocycles. The Hall–Kier alpha value is -1.55. The van der Waals surface area contributed by atoms with Crippen LogP contribution in [-0.2, 0) is 4.74 Å². The number of carbonyl (C=O) groups excluding carboxylic acids is 1. The standard InChI is InChI=1S/C16H24N2O2/c1-4-8-17-13-5-6-14(11(2)10-13)16(19)18-15-7-9-20-12(15)3/h5-6,10,12,15,17H,4,7-9H2,1-3H3,(H,18,19). The highest BCUT2D eigenvalue weighted by atomic mass is 16.5. The maximum Gasteiger partial charge on any atom is 0.251 e. The molecular weight excluding hydrogens is 252 g/mol. The Morgan fingerprint density at radius 3 is 2.85 bits per heavy atom. The van der Waals surface area contributed by atoms with Gasteiger partial charge in [0.2, 0.25) is 0 Å². The molecule has 2 rings (SSSR count). The van der Waals surface area contributed by atoms with Crippen molar-refractivity contribution in [2.24, 2.45) is 0 Å². The van der Waals surface area contributed by atoms with Gasteiger partial charge in [-0.25, -0.2) is 0 Å². The van der Waals surface area contributed by atoms with E-state index in [2.05, 4.69) is 17.6 Å². The normalized spacial score (nSPS) is 21.8. The number of rotatable bonds is 5. The van der Waals surface area contributed by atoms with Crippen LogP contribution >= 0.6 is 0 Å². The largest absolute Gasteiger partial charge is 0.385 e. The van der Waals surface area contributed by atoms with Crippen molar-refractivity contribution in [3.8, 4) is 0 Å². The maximum absolute atomic E-state index is 12.3. The highest BCUT2D eigenvalue weighted by Gasteiger charge is 2.26. The number of nitrogens with one attached hydrogen (secondary N) is 2. The molecule has 110 valence electrons. The van der Waals surface area contributed by atoms with E-state index < -0.39 is 0 Å². The third-order valence-electron chi connectivity index (χ3n) is 3.74. The van der Waals surface area contributed by atoms with E-state index in [-0.39, 0.29) is 18.1 Å². The molecule has 0 saturated carbocycles. The van der Waals surface area contributed by atoms with Gasteiger partial charge < -0.3 is 15.4 Å². The van der Waals surface area contributed by atoms with Crippen molar-refractivity contribution in [3.05, 3.63) is 29.3 Å². The number of anilines is 1. The molecule has 2 atom stereocenters. The molecule has 0 spiro atoms. The molecule has 20 heavy (non-hydrogen) atoms. The van der Waals surface area contributed by atoms with Crippen molar-refractivity contribution in [2.45, 2.75) is 45.8 Å². The first-order chi connectivity index (χ1) is 9.61. The molecule has 1 heterocycles. The van der Waals surface area contributed by atoms with Crippen LogP contribution in [0.3, 0.4) is 0 Å². The third-order valence-corrected chi connectivity index (χ3v) is 3.74. The summed E-state index contributed by atoms with van der Waals surface area (Å²) in [5.74, 6) is -0.00751. The van der Waals surface area contributed by atoms with Gasteiger partial charge in [-0.05, 0) is 50.5 Å². The Balaban J connectivity index is 2.02. The molecule has 4 nitrogen and oxygen atoms in total. The molecule has 1 saturated heterocycles. The molecule has 0 radical (unpaired) electrons. The molecule has 0 bridgehead atoms. The van der Waals surface area contributed by atoms with Crippen LogP contribution in [0.25, 0.3) is 0 Å². The molecule has 2 N–H and O–H groups in total. The smallest absolute Gasteiger partial charge is 0.251 e. The zero-order chi connectivity index (χ0) is 14.5. The Morgan fingerprint density at radius 2 is 2.25 bits per heavy atom. The quantitative estimate of drug-likeness (QED) is 0.869. The summed E-state index contributed by atoms with van der Waals surface area (Å²) in [6.45, 7) is 7.78. The fourth-order valence-corrected chi connectivity index (χ4v) is 2.47. The lowest BCUT2D eigenvalue weighted by molar-refractivity contribution is 0.0865. The molecule has 1 amide bonds. The van der Waals surface area contributed by atoms with E-state index in [1.807, 2.05) is 32.0 Å². The summed E-state index contributed by atoms with van der Waals surface area (Å²) >= 11 is 0. The summed E-state index contributed by atoms with van der Waals surface area (Å²) in [5, 5.41) is 6.39. The van der Waals surface area contributed by atoms with Crippen molar-refractivity contribution in [3.63, 3.8) is 0 Å². The van der Waals surface area contributed by atoms with E-state index in [1.54, 1.807) is 0 Å². The van der Waals surface area contributed by atoms with Gasteiger partial charge in [0.05, 0.1) is 12.1 Å². The number of hydrogen-bond donors (Lipinski definition) is 2. The second kappa shape index (κ2) is 6.75. The summed E-state index contributed by atoms with van der Waals surface area (Å²) in [4.78, 5) is 12.3. The van der Waals surface area contributed by atoms with Crippen molar-refractivity contribution in [1.29, 1.82) is 0 Å². The van der Waals surface area contributed by atoms with Gasteiger partial charge in [0.15, 0.2) is 0 Å². The van der Waals surface area contributed by atoms with E-state index in [1.165, 1.54) is 0 Å². The van der Waals surface area contributed by atoms with E-state index in [0.29, 0.717) is 0 Å². The minimum absolute atomic E-state index is 0.00751. The van der Waals surface area contributed by atoms with Crippen LogP contribution in [-0.4, -0.2) is 31.2 Å². The molecule has 2 unspecified atom stereocenters. The minimum Gasteiger partial charge on any atom is -0.385 e. The first kappa shape index (κ1) is 14.9. The number of ether oxygens (including phenoxy) is 1. The van der Waals surface area contributed by atoms with Crippen LogP contribution in [0.1, 0.15) is 42.6 Å². The Labute approximate surface area is 120 Å². The van der Waals surface area contributed by atoms with Gasteiger partial charge in [-0.15, -0.1) is 0 Å². The Kier molecular flexibility index (Phi) is 5.01. The topological polar surface area (TPSA) is 50.4 Å². The van der Waals surface area contributed by atoms with Crippen molar-refractivity contribution in [2.75, 3.05) is 18.5 Å². The maximum atomic E-state index is 12.3. The van der Waals surface area contributed by atoms with Crippen LogP contribution in [0.4, 0.5) is 5.69 Å². The Morgan fingerprint density at radius 1 is 1.45 bits per heavy atom. The van der Waals surface area contributed by atoms with E-state index >= 15 is 0 Å². The summed E-state index contributed by atoms with van der Waals surface area (Å²) in [6.07, 6.45) is 2.08. The van der Waals surface area contributed by atoms with Gasteiger partial charge in [0.25, 0.3) is 5.91 Å². The molecule has 1 aliphatic rings. The molecule has 1 aromatic rings. The molecule has 1 fully saturated rings. The van der Waals surface area contributed by atoms with E-state index in [0.717, 1.165) is 42.8 Å². The van der Waals surface area contributed by atoms with Crippen LogP contribution in [0.2, 0.25) is 0 Å². The lowest BCUT2D eigenvalue weighted by Gasteiger charge is -2.17. The minimum atomic E-state index is -0.00751. The monoisotopic (exact) mass is 276 g/mol. The summed E-state index contributed by atoms with van der Waals surface area (Å²) in [5.41, 5.74) is 2.81. The fourth-order valence-electron chi connectivity index (χ4n) is 2.47. The van der Waals surface area contributed by atoms with Crippen molar-refractivity contribution < 1.29 is 9.53 Å². The van der Waals surface area contributed by atoms with Gasteiger partial charge in [0, 0.05) is 24.4 Å². The van der Waals surface area contributed by atoms with Crippen LogP contribution in [0.15, 0.2) is 18.2 Å². The van der Waals surface area contributed by atoms with Gasteiger partial charge in [0.1, 0.15) is 0 Å². The summed E-state index contributed by atoms with van der Waals surface area (Å²) in [6, 6.07) is 6.01. The second-order valence-electron chi connectivity index (χ2n) is 5.40. The highest BCUT2D eigenvalue weighted by Crippen LogP contribution is 2.17. The number of aryl methyl sites for hydroxylation is 1. The van der Waals surface area contributed by atoms with E-state index in [4.69, 9.17) is 4.74 Å². The average molecular weight is 276 g/mol.